The van der Waals surface area contributed by atoms with Crippen LogP contribution in [0, 0.1) is 0 Å². The SMILES string of the molecule is CC(C)(C)c1ccc(/C=N/NC(=O)c2c(-c3ccccc3)c(-c3ccccc3)n[nH]c2=O)cc1. The van der Waals surface area contributed by atoms with Crippen molar-refractivity contribution in [2.24, 2.45) is 5.10 Å². The van der Waals surface area contributed by atoms with Crippen LogP contribution in [0.15, 0.2) is 94.8 Å². The Labute approximate surface area is 198 Å². The number of hydrogen-bond donors (Lipinski definition) is 2. The molecule has 6 nitrogen and oxygen atoms in total. The maximum atomic E-state index is 13.1. The van der Waals surface area contributed by atoms with Crippen LogP contribution in [0.3, 0.4) is 0 Å². The lowest BCUT2D eigenvalue weighted by Crippen LogP contribution is -2.28. The lowest BCUT2D eigenvalue weighted by atomic mass is 9.87. The van der Waals surface area contributed by atoms with E-state index < -0.39 is 11.5 Å². The van der Waals surface area contributed by atoms with E-state index >= 15 is 0 Å². The van der Waals surface area contributed by atoms with E-state index in [-0.39, 0.29) is 11.0 Å². The maximum absolute atomic E-state index is 13.1. The van der Waals surface area contributed by atoms with Crippen molar-refractivity contribution < 1.29 is 4.79 Å². The first-order chi connectivity index (χ1) is 16.3. The first-order valence-electron chi connectivity index (χ1n) is 11.0. The van der Waals surface area contributed by atoms with Gasteiger partial charge in [0.2, 0.25) is 0 Å². The maximum Gasteiger partial charge on any atom is 0.277 e. The lowest BCUT2D eigenvalue weighted by Gasteiger charge is -2.18. The number of H-pyrrole nitrogens is 1. The van der Waals surface area contributed by atoms with Crippen molar-refractivity contribution in [2.45, 2.75) is 26.2 Å². The summed E-state index contributed by atoms with van der Waals surface area (Å²) >= 11 is 0. The Morgan fingerprint density at radius 3 is 2.06 bits per heavy atom. The highest BCUT2D eigenvalue weighted by Crippen LogP contribution is 2.31. The fraction of sp³-hybridized carbons (Fsp3) is 0.143. The molecule has 4 rings (SSSR count). The number of nitrogens with zero attached hydrogens (tertiary/aromatic N) is 2. The van der Waals surface area contributed by atoms with Gasteiger partial charge in [0.15, 0.2) is 0 Å². The summed E-state index contributed by atoms with van der Waals surface area (Å²) in [6.07, 6.45) is 1.56. The van der Waals surface area contributed by atoms with E-state index in [2.05, 4.69) is 41.5 Å². The van der Waals surface area contributed by atoms with Gasteiger partial charge in [0, 0.05) is 11.1 Å². The fourth-order valence-corrected chi connectivity index (χ4v) is 3.65. The molecule has 0 fully saturated rings. The monoisotopic (exact) mass is 450 g/mol. The third-order valence-electron chi connectivity index (χ3n) is 5.48. The number of amides is 1. The molecule has 2 N–H and O–H groups in total. The number of benzene rings is 3. The summed E-state index contributed by atoms with van der Waals surface area (Å²) in [7, 11) is 0. The number of carbonyl (C=O) groups excluding carboxylic acids is 1. The Bertz CT molecular complexity index is 1370. The predicted molar refractivity (Wildman–Crippen MR) is 136 cm³/mol. The molecule has 1 aromatic heterocycles. The summed E-state index contributed by atoms with van der Waals surface area (Å²) < 4.78 is 0. The second kappa shape index (κ2) is 9.67. The number of hydrazone groups is 1. The van der Waals surface area contributed by atoms with E-state index in [1.165, 1.54) is 5.56 Å². The molecule has 3 aromatic carbocycles. The number of hydrogen-bond acceptors (Lipinski definition) is 4. The summed E-state index contributed by atoms with van der Waals surface area (Å²) in [4.78, 5) is 25.9. The molecule has 0 unspecified atom stereocenters. The number of nitrogens with one attached hydrogen (secondary N) is 2. The molecule has 1 heterocycles. The zero-order chi connectivity index (χ0) is 24.1. The molecular weight excluding hydrogens is 424 g/mol. The van der Waals surface area contributed by atoms with Crippen LogP contribution in [0.1, 0.15) is 42.3 Å². The summed E-state index contributed by atoms with van der Waals surface area (Å²) in [5.41, 5.74) is 6.45. The Morgan fingerprint density at radius 2 is 1.47 bits per heavy atom. The van der Waals surface area contributed by atoms with E-state index in [0.29, 0.717) is 16.8 Å². The van der Waals surface area contributed by atoms with E-state index in [4.69, 9.17) is 0 Å². The van der Waals surface area contributed by atoms with Gasteiger partial charge in [0.25, 0.3) is 11.5 Å². The minimum atomic E-state index is -0.609. The van der Waals surface area contributed by atoms with Gasteiger partial charge in [-0.3, -0.25) is 9.59 Å². The molecule has 0 aliphatic rings. The van der Waals surface area contributed by atoms with Gasteiger partial charge in [-0.05, 0) is 22.1 Å². The van der Waals surface area contributed by atoms with Gasteiger partial charge in [-0.25, -0.2) is 10.5 Å². The molecule has 0 atom stereocenters. The quantitative estimate of drug-likeness (QED) is 0.325. The summed E-state index contributed by atoms with van der Waals surface area (Å²) in [6, 6.07) is 26.7. The van der Waals surface area contributed by atoms with E-state index in [1.54, 1.807) is 6.21 Å². The Hall–Kier alpha value is -4.32. The number of rotatable bonds is 5. The highest BCUT2D eigenvalue weighted by atomic mass is 16.2. The smallest absolute Gasteiger partial charge is 0.267 e. The Balaban J connectivity index is 1.69. The lowest BCUT2D eigenvalue weighted by molar-refractivity contribution is 0.0954. The molecule has 0 radical (unpaired) electrons. The zero-order valence-corrected chi connectivity index (χ0v) is 19.4. The van der Waals surface area contributed by atoms with E-state index in [1.807, 2.05) is 84.9 Å². The average Bonchev–Trinajstić information content (AvgIpc) is 2.84. The number of aromatic nitrogens is 2. The third-order valence-corrected chi connectivity index (χ3v) is 5.48. The van der Waals surface area contributed by atoms with Gasteiger partial charge in [0.1, 0.15) is 5.56 Å². The molecule has 170 valence electrons. The molecule has 34 heavy (non-hydrogen) atoms. The first kappa shape index (κ1) is 22.9. The molecule has 1 amide bonds. The van der Waals surface area contributed by atoms with Gasteiger partial charge >= 0.3 is 0 Å². The Kier molecular flexibility index (Phi) is 6.50. The molecular formula is C28H26N4O2. The Morgan fingerprint density at radius 1 is 0.882 bits per heavy atom. The van der Waals surface area contributed by atoms with Crippen molar-refractivity contribution in [2.75, 3.05) is 0 Å². The van der Waals surface area contributed by atoms with Gasteiger partial charge in [-0.2, -0.15) is 10.2 Å². The van der Waals surface area contributed by atoms with Crippen molar-refractivity contribution in [1.82, 2.24) is 15.6 Å². The molecule has 0 bridgehead atoms. The summed E-state index contributed by atoms with van der Waals surface area (Å²) in [6.45, 7) is 6.45. The highest BCUT2D eigenvalue weighted by Gasteiger charge is 2.22. The first-order valence-corrected chi connectivity index (χ1v) is 11.0. The van der Waals surface area contributed by atoms with Crippen molar-refractivity contribution in [1.29, 1.82) is 0 Å². The normalized spacial score (nSPS) is 11.5. The summed E-state index contributed by atoms with van der Waals surface area (Å²) in [5, 5.41) is 10.8. The average molecular weight is 451 g/mol. The molecule has 0 saturated carbocycles. The molecule has 0 aliphatic carbocycles. The third kappa shape index (κ3) is 5.02. The molecule has 0 spiro atoms. The highest BCUT2D eigenvalue weighted by molar-refractivity contribution is 6.03. The van der Waals surface area contributed by atoms with Crippen LogP contribution in [0.5, 0.6) is 0 Å². The van der Waals surface area contributed by atoms with Crippen molar-refractivity contribution in [3.63, 3.8) is 0 Å². The minimum absolute atomic E-state index is 0.0414. The van der Waals surface area contributed by atoms with Crippen LogP contribution in [0.25, 0.3) is 22.4 Å². The second-order valence-electron chi connectivity index (χ2n) is 8.95. The van der Waals surface area contributed by atoms with Gasteiger partial charge in [-0.1, -0.05) is 106 Å². The van der Waals surface area contributed by atoms with E-state index in [9.17, 15) is 9.59 Å². The largest absolute Gasteiger partial charge is 0.277 e. The summed E-state index contributed by atoms with van der Waals surface area (Å²) in [5.74, 6) is -0.609. The zero-order valence-electron chi connectivity index (χ0n) is 19.4. The van der Waals surface area contributed by atoms with Crippen LogP contribution >= 0.6 is 0 Å². The topological polar surface area (TPSA) is 87.2 Å². The minimum Gasteiger partial charge on any atom is -0.267 e. The standard InChI is InChI=1S/C28H26N4O2/c1-28(2,3)22-16-14-19(15-17-22)18-29-31-26(33)24-23(20-10-6-4-7-11-20)25(30-32-27(24)34)21-12-8-5-9-13-21/h4-18H,1-3H3,(H,31,33)(H,32,34)/b29-18+. The van der Waals surface area contributed by atoms with Crippen molar-refractivity contribution in [3.8, 4) is 22.4 Å². The van der Waals surface area contributed by atoms with Crippen LogP contribution in [0.2, 0.25) is 0 Å². The molecule has 0 saturated heterocycles. The number of aromatic amines is 1. The van der Waals surface area contributed by atoms with Crippen molar-refractivity contribution in [3.05, 3.63) is 112 Å². The van der Waals surface area contributed by atoms with E-state index in [0.717, 1.165) is 11.1 Å². The molecule has 4 aromatic rings. The second-order valence-corrected chi connectivity index (χ2v) is 8.95. The van der Waals surface area contributed by atoms with Gasteiger partial charge in [-0.15, -0.1) is 0 Å². The molecule has 6 heteroatoms. The fourth-order valence-electron chi connectivity index (χ4n) is 3.65. The molecule has 0 aliphatic heterocycles. The van der Waals surface area contributed by atoms with Gasteiger partial charge < -0.3 is 0 Å². The van der Waals surface area contributed by atoms with Crippen LogP contribution in [0.4, 0.5) is 0 Å². The van der Waals surface area contributed by atoms with Crippen LogP contribution < -0.4 is 11.0 Å². The number of carbonyl (C=O) groups is 1. The van der Waals surface area contributed by atoms with Crippen molar-refractivity contribution >= 4 is 12.1 Å². The predicted octanol–water partition coefficient (Wildman–Crippen LogP) is 5.17. The van der Waals surface area contributed by atoms with Crippen LogP contribution in [-0.2, 0) is 5.41 Å². The van der Waals surface area contributed by atoms with Crippen LogP contribution in [-0.4, -0.2) is 22.3 Å². The van der Waals surface area contributed by atoms with Gasteiger partial charge in [0.05, 0.1) is 11.9 Å².